The molecule has 0 spiro atoms. The minimum Gasteiger partial charge on any atom is -0.458 e. The van der Waals surface area contributed by atoms with Crippen molar-refractivity contribution < 1.29 is 9.53 Å². The van der Waals surface area contributed by atoms with Crippen LogP contribution in [0.15, 0.2) is 30.3 Å². The molecule has 0 aliphatic carbocycles. The Morgan fingerprint density at radius 2 is 2.00 bits per heavy atom. The van der Waals surface area contributed by atoms with Gasteiger partial charge in [-0.1, -0.05) is 43.7 Å². The summed E-state index contributed by atoms with van der Waals surface area (Å²) in [6.45, 7) is 3.59. The molecule has 0 amide bonds. The molecule has 2 heteroatoms. The Morgan fingerprint density at radius 1 is 1.33 bits per heavy atom. The Morgan fingerprint density at radius 3 is 2.53 bits per heavy atom. The molecule has 1 atom stereocenters. The summed E-state index contributed by atoms with van der Waals surface area (Å²) < 4.78 is 5.30. The van der Waals surface area contributed by atoms with Gasteiger partial charge in [-0.2, -0.15) is 0 Å². The van der Waals surface area contributed by atoms with E-state index in [0.29, 0.717) is 0 Å². The van der Waals surface area contributed by atoms with E-state index in [-0.39, 0.29) is 12.1 Å². The lowest BCUT2D eigenvalue weighted by atomic mass is 10.0. The molecule has 1 rings (SSSR count). The quantitative estimate of drug-likeness (QED) is 0.689. The van der Waals surface area contributed by atoms with Crippen molar-refractivity contribution >= 4 is 5.97 Å². The van der Waals surface area contributed by atoms with Crippen molar-refractivity contribution in [3.8, 4) is 0 Å². The maximum absolute atomic E-state index is 11.0. The molecule has 2 nitrogen and oxygen atoms in total. The van der Waals surface area contributed by atoms with Gasteiger partial charge in [-0.25, -0.2) is 0 Å². The van der Waals surface area contributed by atoms with Gasteiger partial charge in [0.25, 0.3) is 0 Å². The molecule has 0 radical (unpaired) electrons. The van der Waals surface area contributed by atoms with Crippen molar-refractivity contribution in [1.82, 2.24) is 0 Å². The van der Waals surface area contributed by atoms with E-state index in [2.05, 4.69) is 6.92 Å². The first kappa shape index (κ1) is 11.8. The van der Waals surface area contributed by atoms with Crippen LogP contribution in [0.3, 0.4) is 0 Å². The highest BCUT2D eigenvalue weighted by Crippen LogP contribution is 2.23. The fourth-order valence-electron chi connectivity index (χ4n) is 1.55. The zero-order chi connectivity index (χ0) is 11.1. The lowest BCUT2D eigenvalue weighted by Crippen LogP contribution is -2.08. The molecule has 1 unspecified atom stereocenters. The van der Waals surface area contributed by atoms with Gasteiger partial charge in [-0.05, 0) is 18.4 Å². The molecule has 82 valence electrons. The number of rotatable bonds is 5. The van der Waals surface area contributed by atoms with Crippen molar-refractivity contribution in [1.29, 1.82) is 0 Å². The lowest BCUT2D eigenvalue weighted by Gasteiger charge is -2.16. The topological polar surface area (TPSA) is 26.3 Å². The summed E-state index contributed by atoms with van der Waals surface area (Å²) in [6, 6.07) is 9.91. The van der Waals surface area contributed by atoms with E-state index in [1.165, 1.54) is 6.92 Å². The Bertz CT molecular complexity index is 293. The lowest BCUT2D eigenvalue weighted by molar-refractivity contribution is -0.147. The summed E-state index contributed by atoms with van der Waals surface area (Å²) in [7, 11) is 0. The van der Waals surface area contributed by atoms with Gasteiger partial charge in [0.15, 0.2) is 0 Å². The number of carbonyl (C=O) groups excluding carboxylic acids is 1. The highest BCUT2D eigenvalue weighted by Gasteiger charge is 2.13. The molecule has 0 saturated carbocycles. The summed E-state index contributed by atoms with van der Waals surface area (Å²) >= 11 is 0. The van der Waals surface area contributed by atoms with E-state index in [1.54, 1.807) is 0 Å². The summed E-state index contributed by atoms with van der Waals surface area (Å²) in [5.41, 5.74) is 1.08. The molecular weight excluding hydrogens is 188 g/mol. The maximum atomic E-state index is 11.0. The van der Waals surface area contributed by atoms with Gasteiger partial charge >= 0.3 is 5.97 Å². The number of unbranched alkanes of at least 4 members (excludes halogenated alkanes) is 1. The van der Waals surface area contributed by atoms with Crippen LogP contribution in [-0.2, 0) is 9.53 Å². The van der Waals surface area contributed by atoms with E-state index in [1.807, 2.05) is 30.3 Å². The molecule has 15 heavy (non-hydrogen) atoms. The normalized spacial score (nSPS) is 12.1. The number of hydrogen-bond donors (Lipinski definition) is 0. The van der Waals surface area contributed by atoms with E-state index < -0.39 is 0 Å². The van der Waals surface area contributed by atoms with Gasteiger partial charge in [0.2, 0.25) is 0 Å². The monoisotopic (exact) mass is 206 g/mol. The fraction of sp³-hybridized carbons (Fsp3) is 0.462. The number of hydrogen-bond acceptors (Lipinski definition) is 2. The molecular formula is C13H18O2. The van der Waals surface area contributed by atoms with Crippen molar-refractivity contribution in [3.05, 3.63) is 35.9 Å². The Labute approximate surface area is 91.3 Å². The van der Waals surface area contributed by atoms with Crippen LogP contribution < -0.4 is 0 Å². The van der Waals surface area contributed by atoms with Gasteiger partial charge in [-0.3, -0.25) is 4.79 Å². The Kier molecular flexibility index (Phi) is 4.88. The van der Waals surface area contributed by atoms with Gasteiger partial charge in [0.05, 0.1) is 0 Å². The third kappa shape index (κ3) is 4.15. The van der Waals surface area contributed by atoms with Crippen LogP contribution in [0.2, 0.25) is 0 Å². The van der Waals surface area contributed by atoms with Crippen LogP contribution in [0.5, 0.6) is 0 Å². The summed E-state index contributed by atoms with van der Waals surface area (Å²) in [4.78, 5) is 11.0. The Balaban J connectivity index is 2.67. The second-order valence-corrected chi connectivity index (χ2v) is 3.65. The van der Waals surface area contributed by atoms with Gasteiger partial charge < -0.3 is 4.74 Å². The number of esters is 1. The molecule has 0 fully saturated rings. The fourth-order valence-corrected chi connectivity index (χ4v) is 1.55. The number of carbonyl (C=O) groups is 1. The molecule has 0 bridgehead atoms. The maximum Gasteiger partial charge on any atom is 0.303 e. The molecule has 1 aromatic carbocycles. The summed E-state index contributed by atoms with van der Waals surface area (Å²) in [5, 5.41) is 0. The molecule has 0 aromatic heterocycles. The molecule has 0 aliphatic rings. The average Bonchev–Trinajstić information content (AvgIpc) is 2.25. The van der Waals surface area contributed by atoms with Crippen LogP contribution in [0.1, 0.15) is 44.8 Å². The zero-order valence-electron chi connectivity index (χ0n) is 9.40. The summed E-state index contributed by atoms with van der Waals surface area (Å²) in [6.07, 6.45) is 3.01. The first-order chi connectivity index (χ1) is 7.24. The highest BCUT2D eigenvalue weighted by atomic mass is 16.5. The third-order valence-electron chi connectivity index (χ3n) is 2.30. The van der Waals surface area contributed by atoms with Gasteiger partial charge in [-0.15, -0.1) is 0 Å². The molecule has 0 N–H and O–H groups in total. The van der Waals surface area contributed by atoms with Crippen molar-refractivity contribution in [2.24, 2.45) is 0 Å². The molecule has 1 aromatic rings. The molecule has 0 aliphatic heterocycles. The third-order valence-corrected chi connectivity index (χ3v) is 2.30. The standard InChI is InChI=1S/C13H18O2/c1-3-4-10-13(15-11(2)14)12-8-6-5-7-9-12/h5-9,13H,3-4,10H2,1-2H3. The predicted octanol–water partition coefficient (Wildman–Crippen LogP) is 3.48. The smallest absolute Gasteiger partial charge is 0.303 e. The van der Waals surface area contributed by atoms with Gasteiger partial charge in [0.1, 0.15) is 6.10 Å². The van der Waals surface area contributed by atoms with Crippen molar-refractivity contribution in [2.45, 2.75) is 39.2 Å². The minimum absolute atomic E-state index is 0.0800. The van der Waals surface area contributed by atoms with E-state index in [0.717, 1.165) is 24.8 Å². The van der Waals surface area contributed by atoms with Crippen LogP contribution in [0.25, 0.3) is 0 Å². The van der Waals surface area contributed by atoms with Crippen LogP contribution in [0.4, 0.5) is 0 Å². The minimum atomic E-state index is -0.208. The van der Waals surface area contributed by atoms with E-state index in [9.17, 15) is 4.79 Å². The second kappa shape index (κ2) is 6.23. The van der Waals surface area contributed by atoms with Gasteiger partial charge in [0, 0.05) is 6.92 Å². The molecule has 0 heterocycles. The zero-order valence-corrected chi connectivity index (χ0v) is 9.40. The summed E-state index contributed by atoms with van der Waals surface area (Å²) in [5.74, 6) is -0.208. The predicted molar refractivity (Wildman–Crippen MR) is 60.5 cm³/mol. The number of benzene rings is 1. The van der Waals surface area contributed by atoms with Crippen molar-refractivity contribution in [2.75, 3.05) is 0 Å². The van der Waals surface area contributed by atoms with Crippen molar-refractivity contribution in [3.63, 3.8) is 0 Å². The number of ether oxygens (including phenoxy) is 1. The highest BCUT2D eigenvalue weighted by molar-refractivity contribution is 5.66. The van der Waals surface area contributed by atoms with Crippen LogP contribution in [0, 0.1) is 0 Å². The SMILES string of the molecule is CCCCC(OC(C)=O)c1ccccc1. The van der Waals surface area contributed by atoms with E-state index in [4.69, 9.17) is 4.74 Å². The first-order valence-electron chi connectivity index (χ1n) is 5.46. The second-order valence-electron chi connectivity index (χ2n) is 3.65. The Hall–Kier alpha value is -1.31. The van der Waals surface area contributed by atoms with Crippen LogP contribution >= 0.6 is 0 Å². The average molecular weight is 206 g/mol. The molecule has 0 saturated heterocycles. The largest absolute Gasteiger partial charge is 0.458 e. The van der Waals surface area contributed by atoms with E-state index >= 15 is 0 Å². The van der Waals surface area contributed by atoms with Crippen LogP contribution in [-0.4, -0.2) is 5.97 Å². The first-order valence-corrected chi connectivity index (χ1v) is 5.46.